The van der Waals surface area contributed by atoms with Crippen molar-refractivity contribution in [2.24, 2.45) is 0 Å². The number of benzene rings is 1. The molecule has 0 atom stereocenters. The highest BCUT2D eigenvalue weighted by Crippen LogP contribution is 2.16. The fourth-order valence-electron chi connectivity index (χ4n) is 2.25. The summed E-state index contributed by atoms with van der Waals surface area (Å²) >= 11 is 5.65. The molecule has 0 aliphatic carbocycles. The lowest BCUT2D eigenvalue weighted by atomic mass is 10.2. The van der Waals surface area contributed by atoms with E-state index in [2.05, 4.69) is 9.62 Å². The molecule has 1 saturated heterocycles. The maximum Gasteiger partial charge on any atom is 0.215 e. The molecule has 1 fully saturated rings. The van der Waals surface area contributed by atoms with E-state index in [0.29, 0.717) is 13.0 Å². The predicted molar refractivity (Wildman–Crippen MR) is 83.9 cm³/mol. The van der Waals surface area contributed by atoms with E-state index in [1.807, 2.05) is 0 Å². The summed E-state index contributed by atoms with van der Waals surface area (Å²) in [6, 6.07) is 3.99. The Labute approximate surface area is 135 Å². The molecule has 124 valence electrons. The summed E-state index contributed by atoms with van der Waals surface area (Å²) in [4.78, 5) is 2.23. The van der Waals surface area contributed by atoms with Gasteiger partial charge in [-0.05, 0) is 25.1 Å². The van der Waals surface area contributed by atoms with E-state index in [-0.39, 0.29) is 16.3 Å². The van der Waals surface area contributed by atoms with Crippen LogP contribution in [0.4, 0.5) is 4.39 Å². The van der Waals surface area contributed by atoms with Crippen LogP contribution >= 0.6 is 11.6 Å². The number of sulfonamides is 1. The quantitative estimate of drug-likeness (QED) is 0.759. The molecule has 0 bridgehead atoms. The van der Waals surface area contributed by atoms with Crippen molar-refractivity contribution in [1.82, 2.24) is 9.62 Å². The standard InChI is InChI=1S/C14H20ClFN2O3S/c15-13-3-2-12(14(16)10-13)11-22(19,20)17-4-1-5-18-6-8-21-9-7-18/h2-3,10,17H,1,4-9,11H2. The fourth-order valence-corrected chi connectivity index (χ4v) is 3.61. The summed E-state index contributed by atoms with van der Waals surface area (Å²) in [5.41, 5.74) is 0.116. The highest BCUT2D eigenvalue weighted by atomic mass is 35.5. The lowest BCUT2D eigenvalue weighted by Gasteiger charge is -2.26. The number of hydrogen-bond donors (Lipinski definition) is 1. The van der Waals surface area contributed by atoms with Gasteiger partial charge in [-0.25, -0.2) is 17.5 Å². The second-order valence-electron chi connectivity index (χ2n) is 5.20. The van der Waals surface area contributed by atoms with Gasteiger partial charge in [0, 0.05) is 30.2 Å². The van der Waals surface area contributed by atoms with Gasteiger partial charge in [-0.3, -0.25) is 4.90 Å². The molecular formula is C14H20ClFN2O3S. The lowest BCUT2D eigenvalue weighted by Crippen LogP contribution is -2.38. The molecule has 0 unspecified atom stereocenters. The zero-order chi connectivity index (χ0) is 16.0. The second kappa shape index (κ2) is 8.21. The smallest absolute Gasteiger partial charge is 0.215 e. The monoisotopic (exact) mass is 350 g/mol. The molecule has 1 aliphatic heterocycles. The van der Waals surface area contributed by atoms with Gasteiger partial charge in [0.05, 0.1) is 19.0 Å². The van der Waals surface area contributed by atoms with E-state index < -0.39 is 15.8 Å². The fraction of sp³-hybridized carbons (Fsp3) is 0.571. The van der Waals surface area contributed by atoms with Gasteiger partial charge < -0.3 is 4.74 Å². The SMILES string of the molecule is O=S(=O)(Cc1ccc(Cl)cc1F)NCCCN1CCOCC1. The zero-order valence-electron chi connectivity index (χ0n) is 12.2. The predicted octanol–water partition coefficient (Wildman–Crippen LogP) is 1.62. The maximum atomic E-state index is 13.6. The first-order valence-electron chi connectivity index (χ1n) is 7.18. The molecule has 0 saturated carbocycles. The molecule has 22 heavy (non-hydrogen) atoms. The van der Waals surface area contributed by atoms with E-state index in [4.69, 9.17) is 16.3 Å². The Kier molecular flexibility index (Phi) is 6.58. The van der Waals surface area contributed by atoms with Crippen LogP contribution in [0.15, 0.2) is 18.2 Å². The van der Waals surface area contributed by atoms with E-state index >= 15 is 0 Å². The summed E-state index contributed by atoms with van der Waals surface area (Å²) in [5.74, 6) is -0.987. The van der Waals surface area contributed by atoms with Gasteiger partial charge >= 0.3 is 0 Å². The minimum atomic E-state index is -3.55. The van der Waals surface area contributed by atoms with Gasteiger partial charge in [0.25, 0.3) is 0 Å². The van der Waals surface area contributed by atoms with Crippen molar-refractivity contribution in [2.45, 2.75) is 12.2 Å². The minimum Gasteiger partial charge on any atom is -0.379 e. The van der Waals surface area contributed by atoms with Crippen LogP contribution in [0.2, 0.25) is 5.02 Å². The van der Waals surface area contributed by atoms with E-state index in [9.17, 15) is 12.8 Å². The Balaban J connectivity index is 1.76. The Morgan fingerprint density at radius 1 is 1.32 bits per heavy atom. The van der Waals surface area contributed by atoms with Crippen molar-refractivity contribution < 1.29 is 17.5 Å². The summed E-state index contributed by atoms with van der Waals surface area (Å²) in [6.07, 6.45) is 0.711. The summed E-state index contributed by atoms with van der Waals surface area (Å²) in [7, 11) is -3.55. The van der Waals surface area contributed by atoms with Crippen LogP contribution in [0.5, 0.6) is 0 Å². The second-order valence-corrected chi connectivity index (χ2v) is 7.44. The average molecular weight is 351 g/mol. The Morgan fingerprint density at radius 2 is 2.05 bits per heavy atom. The van der Waals surface area contributed by atoms with Gasteiger partial charge in [0.15, 0.2) is 0 Å². The molecule has 0 spiro atoms. The number of hydrogen-bond acceptors (Lipinski definition) is 4. The van der Waals surface area contributed by atoms with Gasteiger partial charge in [-0.2, -0.15) is 0 Å². The first-order chi connectivity index (χ1) is 10.5. The molecule has 0 radical (unpaired) electrons. The number of halogens is 2. The van der Waals surface area contributed by atoms with Crippen molar-refractivity contribution in [2.75, 3.05) is 39.4 Å². The van der Waals surface area contributed by atoms with Crippen LogP contribution in [0, 0.1) is 5.82 Å². The number of nitrogens with zero attached hydrogens (tertiary/aromatic N) is 1. The normalized spacial score (nSPS) is 16.8. The summed E-state index contributed by atoms with van der Waals surface area (Å²) in [6.45, 7) is 4.37. The molecule has 5 nitrogen and oxygen atoms in total. The number of nitrogens with one attached hydrogen (secondary N) is 1. The van der Waals surface area contributed by atoms with Crippen LogP contribution in [0.25, 0.3) is 0 Å². The zero-order valence-corrected chi connectivity index (χ0v) is 13.8. The van der Waals surface area contributed by atoms with Crippen molar-refractivity contribution in [3.8, 4) is 0 Å². The lowest BCUT2D eigenvalue weighted by molar-refractivity contribution is 0.0376. The molecule has 1 aliphatic rings. The molecule has 1 heterocycles. The molecule has 0 aromatic heterocycles. The third-order valence-electron chi connectivity index (χ3n) is 3.44. The molecule has 2 rings (SSSR count). The molecule has 1 aromatic carbocycles. The highest BCUT2D eigenvalue weighted by Gasteiger charge is 2.15. The number of rotatable bonds is 7. The van der Waals surface area contributed by atoms with Gasteiger partial charge in [0.1, 0.15) is 5.82 Å². The summed E-state index contributed by atoms with van der Waals surface area (Å²) in [5, 5.41) is 0.247. The average Bonchev–Trinajstić information content (AvgIpc) is 2.48. The number of morpholine rings is 1. The van der Waals surface area contributed by atoms with Crippen LogP contribution in [-0.4, -0.2) is 52.7 Å². The Morgan fingerprint density at radius 3 is 2.73 bits per heavy atom. The van der Waals surface area contributed by atoms with E-state index in [1.54, 1.807) is 0 Å². The van der Waals surface area contributed by atoms with Crippen LogP contribution in [0.1, 0.15) is 12.0 Å². The summed E-state index contributed by atoms with van der Waals surface area (Å²) < 4.78 is 45.3. The van der Waals surface area contributed by atoms with E-state index in [0.717, 1.165) is 38.9 Å². The van der Waals surface area contributed by atoms with Crippen molar-refractivity contribution >= 4 is 21.6 Å². The van der Waals surface area contributed by atoms with Crippen LogP contribution in [-0.2, 0) is 20.5 Å². The van der Waals surface area contributed by atoms with Gasteiger partial charge in [-0.1, -0.05) is 17.7 Å². The minimum absolute atomic E-state index is 0.116. The first-order valence-corrected chi connectivity index (χ1v) is 9.21. The third kappa shape index (κ3) is 5.81. The first kappa shape index (κ1) is 17.6. The molecule has 1 aromatic rings. The largest absolute Gasteiger partial charge is 0.379 e. The van der Waals surface area contributed by atoms with Crippen molar-refractivity contribution in [3.63, 3.8) is 0 Å². The van der Waals surface area contributed by atoms with Crippen molar-refractivity contribution in [3.05, 3.63) is 34.6 Å². The van der Waals surface area contributed by atoms with Gasteiger partial charge in [0.2, 0.25) is 10.0 Å². The Bertz CT molecular complexity index is 592. The van der Waals surface area contributed by atoms with Crippen molar-refractivity contribution in [1.29, 1.82) is 0 Å². The highest BCUT2D eigenvalue weighted by molar-refractivity contribution is 7.88. The number of ether oxygens (including phenoxy) is 1. The maximum absolute atomic E-state index is 13.6. The molecule has 0 amide bonds. The van der Waals surface area contributed by atoms with Gasteiger partial charge in [-0.15, -0.1) is 0 Å². The van der Waals surface area contributed by atoms with Crippen LogP contribution in [0.3, 0.4) is 0 Å². The topological polar surface area (TPSA) is 58.6 Å². The Hall–Kier alpha value is -0.730. The van der Waals surface area contributed by atoms with Crippen LogP contribution < -0.4 is 4.72 Å². The molecule has 1 N–H and O–H groups in total. The molecule has 8 heteroatoms. The molecular weight excluding hydrogens is 331 g/mol. The van der Waals surface area contributed by atoms with E-state index in [1.165, 1.54) is 12.1 Å². The third-order valence-corrected chi connectivity index (χ3v) is 5.01.